The van der Waals surface area contributed by atoms with Gasteiger partial charge in [0.25, 0.3) is 0 Å². The summed E-state index contributed by atoms with van der Waals surface area (Å²) in [7, 11) is 2.98. The molecule has 0 bridgehead atoms. The Morgan fingerprint density at radius 2 is 1.27 bits per heavy atom. The van der Waals surface area contributed by atoms with Gasteiger partial charge in [-0.25, -0.2) is 0 Å². The van der Waals surface area contributed by atoms with Gasteiger partial charge in [0.1, 0.15) is 6.54 Å². The third kappa shape index (κ3) is 21.6. The molecule has 0 unspecified atom stereocenters. The summed E-state index contributed by atoms with van der Waals surface area (Å²) < 4.78 is 27.7. The van der Waals surface area contributed by atoms with Crippen LogP contribution in [0.4, 0.5) is 0 Å². The van der Waals surface area contributed by atoms with Gasteiger partial charge in [-0.1, -0.05) is 96.8 Å². The maximum Gasteiger partial charge on any atom is 0.307 e. The van der Waals surface area contributed by atoms with Crippen LogP contribution in [0.15, 0.2) is 0 Å². The van der Waals surface area contributed by atoms with Crippen LogP contribution in [0, 0.1) is 0 Å². The second-order valence-electron chi connectivity index (χ2n) is 9.28. The highest BCUT2D eigenvalue weighted by molar-refractivity contribution is 5.71. The second kappa shape index (κ2) is 18.7. The lowest BCUT2D eigenvalue weighted by atomic mass is 10.0. The number of esters is 1. The Kier molecular flexibility index (Phi) is 14.6. The van der Waals surface area contributed by atoms with E-state index >= 15 is 0 Å². The van der Waals surface area contributed by atoms with Gasteiger partial charge in [0.2, 0.25) is 0 Å². The zero-order chi connectivity index (χ0) is 25.2. The molecule has 0 heterocycles. The number of rotatable bonds is 21. The Labute approximate surface area is 190 Å². The number of carboxylic acids is 1. The van der Waals surface area contributed by atoms with Gasteiger partial charge in [-0.3, -0.25) is 9.59 Å². The van der Waals surface area contributed by atoms with Crippen LogP contribution in [-0.4, -0.2) is 55.2 Å². The third-order valence-corrected chi connectivity index (χ3v) is 5.34. The van der Waals surface area contributed by atoms with Crippen LogP contribution in [0.5, 0.6) is 0 Å². The molecule has 0 aromatic carbocycles. The largest absolute Gasteiger partial charge is 0.481 e. The Balaban J connectivity index is 3.83. The molecule has 0 aliphatic carbocycles. The molecule has 1 atom stereocenters. The molecule has 5 nitrogen and oxygen atoms in total. The summed E-state index contributed by atoms with van der Waals surface area (Å²) in [5.41, 5.74) is 0. The van der Waals surface area contributed by atoms with E-state index < -0.39 is 29.5 Å². The fourth-order valence-corrected chi connectivity index (χ4v) is 3.73. The summed E-state index contributed by atoms with van der Waals surface area (Å²) in [6.45, 7) is -0.119. The molecule has 5 heteroatoms. The minimum Gasteiger partial charge on any atom is -0.481 e. The smallest absolute Gasteiger partial charge is 0.307 e. The Bertz CT molecular complexity index is 524. The monoisotopic (exact) mass is 431 g/mol. The fraction of sp³-hybridized carbons (Fsp3) is 0.920. The van der Waals surface area contributed by atoms with Crippen LogP contribution in [-0.2, 0) is 14.3 Å². The van der Waals surface area contributed by atoms with Crippen molar-refractivity contribution >= 4 is 11.9 Å². The molecule has 178 valence electrons. The summed E-state index contributed by atoms with van der Waals surface area (Å²) in [6, 6.07) is 0. The minimum atomic E-state index is -2.31. The molecule has 0 aliphatic heterocycles. The highest BCUT2D eigenvalue weighted by atomic mass is 16.5. The quantitative estimate of drug-likeness (QED) is 0.131. The number of ether oxygens (including phenoxy) is 1. The predicted molar refractivity (Wildman–Crippen MR) is 125 cm³/mol. The van der Waals surface area contributed by atoms with Gasteiger partial charge in [-0.05, 0) is 6.42 Å². The Morgan fingerprint density at radius 3 is 1.67 bits per heavy atom. The highest BCUT2D eigenvalue weighted by Crippen LogP contribution is 2.14. The first-order valence-corrected chi connectivity index (χ1v) is 12.2. The van der Waals surface area contributed by atoms with E-state index in [1.165, 1.54) is 91.1 Å². The maximum absolute atomic E-state index is 12.1. The topological polar surface area (TPSA) is 63.6 Å². The van der Waals surface area contributed by atoms with E-state index in [2.05, 4.69) is 6.92 Å². The van der Waals surface area contributed by atoms with Crippen LogP contribution < -0.4 is 0 Å². The molecule has 30 heavy (non-hydrogen) atoms. The van der Waals surface area contributed by atoms with E-state index in [1.807, 2.05) is 0 Å². The number of quaternary nitrogens is 1. The lowest BCUT2D eigenvalue weighted by Crippen LogP contribution is -2.43. The molecule has 0 rings (SSSR count). The molecule has 0 saturated carbocycles. The molecule has 0 fully saturated rings. The second-order valence-corrected chi connectivity index (χ2v) is 9.28. The normalized spacial score (nSPS) is 14.6. The van der Waals surface area contributed by atoms with Crippen molar-refractivity contribution in [3.8, 4) is 0 Å². The summed E-state index contributed by atoms with van der Waals surface area (Å²) >= 11 is 0. The van der Waals surface area contributed by atoms with E-state index in [9.17, 15) is 9.59 Å². The van der Waals surface area contributed by atoms with Crippen LogP contribution in [0.1, 0.15) is 120 Å². The number of carbonyl (C=O) groups excluding carboxylic acids is 1. The summed E-state index contributed by atoms with van der Waals surface area (Å²) in [5.74, 6) is -1.55. The van der Waals surface area contributed by atoms with Crippen molar-refractivity contribution in [1.29, 1.82) is 0 Å². The van der Waals surface area contributed by atoms with E-state index in [0.29, 0.717) is 6.42 Å². The highest BCUT2D eigenvalue weighted by Gasteiger charge is 2.24. The van der Waals surface area contributed by atoms with Crippen molar-refractivity contribution in [2.75, 3.05) is 27.6 Å². The van der Waals surface area contributed by atoms with E-state index in [4.69, 9.17) is 14.0 Å². The van der Waals surface area contributed by atoms with Crippen molar-refractivity contribution in [2.24, 2.45) is 0 Å². The van der Waals surface area contributed by atoms with E-state index in [-0.39, 0.29) is 19.4 Å². The molecule has 0 saturated heterocycles. The van der Waals surface area contributed by atoms with Gasteiger partial charge in [0.05, 0.1) is 31.6 Å². The minimum absolute atomic E-state index is 0.0621. The number of unbranched alkanes of at least 4 members (excludes halogenated alkanes) is 14. The molecule has 0 spiro atoms. The molecular weight excluding hydrogens is 378 g/mol. The number of aliphatic carboxylic acids is 1. The van der Waals surface area contributed by atoms with Crippen molar-refractivity contribution in [2.45, 2.75) is 122 Å². The van der Waals surface area contributed by atoms with Gasteiger partial charge in [-0.15, -0.1) is 0 Å². The van der Waals surface area contributed by atoms with Gasteiger partial charge < -0.3 is 14.3 Å². The Hall–Kier alpha value is -1.10. The number of nitrogens with zero attached hydrogens (tertiary/aromatic N) is 1. The molecule has 0 aliphatic rings. The average Bonchev–Trinajstić information content (AvgIpc) is 2.69. The standard InChI is InChI=1S/C25H49NO4/c1-5-6-7-8-9-10-11-12-13-14-15-16-17-18-19-20-25(29)30-23(21-24(27)28)22-26(2,3)4/h23H,5-22H2,1-4H3/p+1/t23-/m1/s1/i2D3. The van der Waals surface area contributed by atoms with Crippen molar-refractivity contribution < 1.29 is 28.0 Å². The van der Waals surface area contributed by atoms with Crippen molar-refractivity contribution in [1.82, 2.24) is 0 Å². The Morgan fingerprint density at radius 1 is 0.833 bits per heavy atom. The third-order valence-electron chi connectivity index (χ3n) is 5.34. The number of hydrogen-bond acceptors (Lipinski definition) is 3. The first-order chi connectivity index (χ1) is 15.5. The zero-order valence-corrected chi connectivity index (χ0v) is 19.9. The average molecular weight is 432 g/mol. The van der Waals surface area contributed by atoms with E-state index in [0.717, 1.165) is 12.8 Å². The SMILES string of the molecule is [2H]C([2H])([2H])[N+](C)(C)C[C@@H](CC(=O)O)OC(=O)CCCCCCCCCCCCCCCCC. The van der Waals surface area contributed by atoms with Crippen molar-refractivity contribution in [3.63, 3.8) is 0 Å². The summed E-state index contributed by atoms with van der Waals surface area (Å²) in [5, 5.41) is 9.07. The molecular formula is C25H50NO4+. The van der Waals surface area contributed by atoms with Gasteiger partial charge in [0.15, 0.2) is 6.10 Å². The number of carbonyl (C=O) groups is 2. The number of hydrogen-bond donors (Lipinski definition) is 1. The molecule has 0 aromatic heterocycles. The lowest BCUT2D eigenvalue weighted by molar-refractivity contribution is -0.873. The molecule has 1 N–H and O–H groups in total. The van der Waals surface area contributed by atoms with Gasteiger partial charge in [-0.2, -0.15) is 0 Å². The number of likely N-dealkylation sites (N-methyl/N-ethyl adjacent to an activating group) is 1. The van der Waals surface area contributed by atoms with Gasteiger partial charge >= 0.3 is 11.9 Å². The zero-order valence-electron chi connectivity index (χ0n) is 22.9. The number of carboxylic acid groups (broad SMARTS) is 1. The van der Waals surface area contributed by atoms with Crippen LogP contribution in [0.25, 0.3) is 0 Å². The first kappa shape index (κ1) is 23.6. The first-order valence-electron chi connectivity index (χ1n) is 13.7. The van der Waals surface area contributed by atoms with Crippen LogP contribution in [0.2, 0.25) is 0 Å². The molecule has 0 aromatic rings. The lowest BCUT2D eigenvalue weighted by Gasteiger charge is -2.28. The van der Waals surface area contributed by atoms with Crippen LogP contribution >= 0.6 is 0 Å². The van der Waals surface area contributed by atoms with Crippen molar-refractivity contribution in [3.05, 3.63) is 0 Å². The fourth-order valence-electron chi connectivity index (χ4n) is 3.73. The summed E-state index contributed by atoms with van der Waals surface area (Å²) in [6.07, 6.45) is 17.6. The maximum atomic E-state index is 12.1. The predicted octanol–water partition coefficient (Wildman–Crippen LogP) is 6.34. The van der Waals surface area contributed by atoms with E-state index in [1.54, 1.807) is 0 Å². The molecule has 0 radical (unpaired) electrons. The summed E-state index contributed by atoms with van der Waals surface area (Å²) in [4.78, 5) is 23.2. The van der Waals surface area contributed by atoms with Gasteiger partial charge in [0, 0.05) is 6.42 Å². The van der Waals surface area contributed by atoms with Crippen LogP contribution in [0.3, 0.4) is 0 Å². The molecule has 0 amide bonds.